The molecule has 2 aromatic rings. The molecular formula is C22H30N2O2S. The third-order valence-electron chi connectivity index (χ3n) is 4.51. The third-order valence-corrected chi connectivity index (χ3v) is 5.19. The van der Waals surface area contributed by atoms with Gasteiger partial charge in [0.1, 0.15) is 0 Å². The summed E-state index contributed by atoms with van der Waals surface area (Å²) in [5, 5.41) is 9.70. The molecule has 2 amide bonds. The fourth-order valence-electron chi connectivity index (χ4n) is 3.01. The maximum absolute atomic E-state index is 12.4. The van der Waals surface area contributed by atoms with Gasteiger partial charge >= 0.3 is 0 Å². The third kappa shape index (κ3) is 6.83. The van der Waals surface area contributed by atoms with Crippen molar-refractivity contribution in [1.29, 1.82) is 0 Å². The second-order valence-electron chi connectivity index (χ2n) is 7.15. The summed E-state index contributed by atoms with van der Waals surface area (Å²) >= 11 is 1.50. The minimum absolute atomic E-state index is 0.00794. The lowest BCUT2D eigenvalue weighted by molar-refractivity contribution is -0.122. The molecular weight excluding hydrogens is 356 g/mol. The summed E-state index contributed by atoms with van der Waals surface area (Å²) in [6.45, 7) is 6.91. The van der Waals surface area contributed by atoms with E-state index in [1.807, 2.05) is 10.8 Å². The Bertz CT molecular complexity index is 708. The normalized spacial score (nSPS) is 12.0. The lowest BCUT2D eigenvalue weighted by atomic mass is 9.94. The van der Waals surface area contributed by atoms with E-state index in [-0.39, 0.29) is 17.9 Å². The highest BCUT2D eigenvalue weighted by Crippen LogP contribution is 2.22. The highest BCUT2D eigenvalue weighted by atomic mass is 32.1. The van der Waals surface area contributed by atoms with Gasteiger partial charge in [-0.1, -0.05) is 51.5 Å². The van der Waals surface area contributed by atoms with Crippen LogP contribution in [-0.2, 0) is 11.2 Å². The van der Waals surface area contributed by atoms with Gasteiger partial charge in [0.05, 0.1) is 6.04 Å². The van der Waals surface area contributed by atoms with E-state index in [1.165, 1.54) is 16.9 Å². The van der Waals surface area contributed by atoms with E-state index >= 15 is 0 Å². The number of carbonyl (C=O) groups excluding carboxylic acids is 2. The maximum Gasteiger partial charge on any atom is 0.252 e. The highest BCUT2D eigenvalue weighted by Gasteiger charge is 2.18. The largest absolute Gasteiger partial charge is 0.352 e. The Balaban J connectivity index is 1.79. The number of nitrogens with one attached hydrogen (secondary N) is 2. The standard InChI is InChI=1S/C22H30N2O2S/c1-4-6-17-8-10-18(11-9-17)21(16(2)3)24-20(25)7-5-13-23-22(26)19-12-14-27-15-19/h8-12,14-16,21H,4-7,13H2,1-3H3,(H,23,26)(H,24,25). The maximum atomic E-state index is 12.4. The molecule has 1 heterocycles. The average molecular weight is 387 g/mol. The van der Waals surface area contributed by atoms with Crippen LogP contribution in [0.15, 0.2) is 41.1 Å². The van der Waals surface area contributed by atoms with Crippen LogP contribution in [0.3, 0.4) is 0 Å². The predicted octanol–water partition coefficient (Wildman–Crippen LogP) is 4.72. The molecule has 1 aromatic carbocycles. The molecule has 1 unspecified atom stereocenters. The number of aryl methyl sites for hydroxylation is 1. The first-order chi connectivity index (χ1) is 13.0. The first-order valence-corrected chi connectivity index (χ1v) is 10.6. The molecule has 0 saturated carbocycles. The molecule has 0 bridgehead atoms. The molecule has 2 N–H and O–H groups in total. The van der Waals surface area contributed by atoms with Gasteiger partial charge < -0.3 is 10.6 Å². The van der Waals surface area contributed by atoms with Crippen molar-refractivity contribution in [1.82, 2.24) is 10.6 Å². The zero-order valence-electron chi connectivity index (χ0n) is 16.5. The molecule has 1 aromatic heterocycles. The molecule has 0 fully saturated rings. The van der Waals surface area contributed by atoms with Crippen LogP contribution < -0.4 is 10.6 Å². The number of benzene rings is 1. The number of carbonyl (C=O) groups is 2. The van der Waals surface area contributed by atoms with Gasteiger partial charge in [-0.05, 0) is 41.3 Å². The summed E-state index contributed by atoms with van der Waals surface area (Å²) < 4.78 is 0. The van der Waals surface area contributed by atoms with Crippen molar-refractivity contribution >= 4 is 23.2 Å². The fourth-order valence-corrected chi connectivity index (χ4v) is 3.64. The van der Waals surface area contributed by atoms with Crippen LogP contribution in [0.4, 0.5) is 0 Å². The molecule has 2 rings (SSSR count). The van der Waals surface area contributed by atoms with Crippen molar-refractivity contribution in [2.45, 2.75) is 52.5 Å². The summed E-state index contributed by atoms with van der Waals surface area (Å²) in [5.74, 6) is 0.254. The van der Waals surface area contributed by atoms with E-state index in [1.54, 1.807) is 6.07 Å². The van der Waals surface area contributed by atoms with Crippen molar-refractivity contribution in [3.8, 4) is 0 Å². The lowest BCUT2D eigenvalue weighted by Crippen LogP contribution is -2.32. The Morgan fingerprint density at radius 1 is 1.11 bits per heavy atom. The average Bonchev–Trinajstić information content (AvgIpc) is 3.19. The second kappa shape index (κ2) is 10.9. The van der Waals surface area contributed by atoms with Crippen LogP contribution in [-0.4, -0.2) is 18.4 Å². The van der Waals surface area contributed by atoms with Crippen LogP contribution in [0, 0.1) is 5.92 Å². The van der Waals surface area contributed by atoms with Crippen LogP contribution >= 0.6 is 11.3 Å². The number of hydrogen-bond acceptors (Lipinski definition) is 3. The Kier molecular flexibility index (Phi) is 8.52. The Hall–Kier alpha value is -2.14. The molecule has 5 heteroatoms. The van der Waals surface area contributed by atoms with Crippen LogP contribution in [0.2, 0.25) is 0 Å². The van der Waals surface area contributed by atoms with Crippen LogP contribution in [0.1, 0.15) is 67.6 Å². The summed E-state index contributed by atoms with van der Waals surface area (Å²) in [4.78, 5) is 24.2. The highest BCUT2D eigenvalue weighted by molar-refractivity contribution is 7.08. The lowest BCUT2D eigenvalue weighted by Gasteiger charge is -2.23. The fraction of sp³-hybridized carbons (Fsp3) is 0.455. The molecule has 0 spiro atoms. The monoisotopic (exact) mass is 386 g/mol. The molecule has 27 heavy (non-hydrogen) atoms. The SMILES string of the molecule is CCCc1ccc(C(NC(=O)CCCNC(=O)c2ccsc2)C(C)C)cc1. The van der Waals surface area contributed by atoms with E-state index in [4.69, 9.17) is 0 Å². The van der Waals surface area contributed by atoms with Gasteiger partial charge in [0.2, 0.25) is 5.91 Å². The van der Waals surface area contributed by atoms with E-state index in [2.05, 4.69) is 55.7 Å². The number of hydrogen-bond donors (Lipinski definition) is 2. The predicted molar refractivity (Wildman–Crippen MR) is 112 cm³/mol. The van der Waals surface area contributed by atoms with Crippen molar-refractivity contribution in [3.05, 3.63) is 57.8 Å². The Morgan fingerprint density at radius 2 is 1.85 bits per heavy atom. The molecule has 0 aliphatic rings. The van der Waals surface area contributed by atoms with Gasteiger partial charge in [0.25, 0.3) is 5.91 Å². The van der Waals surface area contributed by atoms with Gasteiger partial charge in [-0.25, -0.2) is 0 Å². The van der Waals surface area contributed by atoms with Gasteiger partial charge in [0, 0.05) is 23.9 Å². The Labute approximate surface area is 166 Å². The van der Waals surface area contributed by atoms with Gasteiger partial charge in [0.15, 0.2) is 0 Å². The van der Waals surface area contributed by atoms with Crippen molar-refractivity contribution in [3.63, 3.8) is 0 Å². The van der Waals surface area contributed by atoms with Crippen molar-refractivity contribution < 1.29 is 9.59 Å². The molecule has 1 atom stereocenters. The van der Waals surface area contributed by atoms with E-state index < -0.39 is 0 Å². The van der Waals surface area contributed by atoms with Crippen molar-refractivity contribution in [2.75, 3.05) is 6.54 Å². The van der Waals surface area contributed by atoms with E-state index in [0.717, 1.165) is 18.4 Å². The molecule has 146 valence electrons. The van der Waals surface area contributed by atoms with Crippen LogP contribution in [0.25, 0.3) is 0 Å². The van der Waals surface area contributed by atoms with E-state index in [9.17, 15) is 9.59 Å². The van der Waals surface area contributed by atoms with Gasteiger partial charge in [-0.3, -0.25) is 9.59 Å². The van der Waals surface area contributed by atoms with Gasteiger partial charge in [-0.15, -0.1) is 0 Å². The molecule has 0 saturated heterocycles. The smallest absolute Gasteiger partial charge is 0.252 e. The second-order valence-corrected chi connectivity index (χ2v) is 7.93. The number of amides is 2. The first-order valence-electron chi connectivity index (χ1n) is 9.69. The Morgan fingerprint density at radius 3 is 2.44 bits per heavy atom. The zero-order valence-corrected chi connectivity index (χ0v) is 17.3. The van der Waals surface area contributed by atoms with Crippen LogP contribution in [0.5, 0.6) is 0 Å². The number of thiophene rings is 1. The summed E-state index contributed by atoms with van der Waals surface area (Å²) in [6.07, 6.45) is 3.24. The summed E-state index contributed by atoms with van der Waals surface area (Å²) in [7, 11) is 0. The number of rotatable bonds is 10. The summed E-state index contributed by atoms with van der Waals surface area (Å²) in [5.41, 5.74) is 3.15. The van der Waals surface area contributed by atoms with Gasteiger partial charge in [-0.2, -0.15) is 11.3 Å². The topological polar surface area (TPSA) is 58.2 Å². The zero-order chi connectivity index (χ0) is 19.6. The summed E-state index contributed by atoms with van der Waals surface area (Å²) in [6, 6.07) is 10.4. The molecule has 0 aliphatic carbocycles. The minimum Gasteiger partial charge on any atom is -0.352 e. The first kappa shape index (κ1) is 21.2. The molecule has 4 nitrogen and oxygen atoms in total. The van der Waals surface area contributed by atoms with E-state index in [0.29, 0.717) is 30.9 Å². The quantitative estimate of drug-likeness (QED) is 0.580. The van der Waals surface area contributed by atoms with Crippen molar-refractivity contribution in [2.24, 2.45) is 5.92 Å². The molecule has 0 radical (unpaired) electrons. The molecule has 0 aliphatic heterocycles. The minimum atomic E-state index is -0.0797.